The van der Waals surface area contributed by atoms with Crippen LogP contribution in [0, 0.1) is 13.8 Å². The quantitative estimate of drug-likeness (QED) is 0.861. The first-order valence-electron chi connectivity index (χ1n) is 6.88. The van der Waals surface area contributed by atoms with Crippen LogP contribution in [0.1, 0.15) is 38.4 Å². The van der Waals surface area contributed by atoms with Gasteiger partial charge in [0.1, 0.15) is 4.88 Å². The van der Waals surface area contributed by atoms with Gasteiger partial charge in [0.05, 0.1) is 30.3 Å². The van der Waals surface area contributed by atoms with Gasteiger partial charge in [0.25, 0.3) is 5.91 Å². The number of aromatic nitrogens is 1. The van der Waals surface area contributed by atoms with Gasteiger partial charge in [-0.2, -0.15) is 0 Å². The Kier molecular flexibility index (Phi) is 5.27. The molecule has 22 heavy (non-hydrogen) atoms. The lowest BCUT2D eigenvalue weighted by molar-refractivity contribution is -0.141. The van der Waals surface area contributed by atoms with Crippen molar-refractivity contribution in [3.63, 3.8) is 0 Å². The fraction of sp³-hybridized carbons (Fsp3) is 0.312. The summed E-state index contributed by atoms with van der Waals surface area (Å²) >= 11 is 1.34. The molecule has 0 saturated carbocycles. The number of hydrogen-bond acceptors (Lipinski definition) is 5. The van der Waals surface area contributed by atoms with E-state index in [1.807, 2.05) is 37.3 Å². The maximum absolute atomic E-state index is 12.4. The van der Waals surface area contributed by atoms with E-state index in [2.05, 4.69) is 10.3 Å². The summed E-state index contributed by atoms with van der Waals surface area (Å²) in [5.41, 5.74) is 1.56. The fourth-order valence-electron chi connectivity index (χ4n) is 2.15. The van der Waals surface area contributed by atoms with Crippen molar-refractivity contribution in [2.75, 3.05) is 7.11 Å². The van der Waals surface area contributed by atoms with Crippen molar-refractivity contribution in [1.82, 2.24) is 10.3 Å². The third-order valence-electron chi connectivity index (χ3n) is 3.22. The Morgan fingerprint density at radius 2 is 1.95 bits per heavy atom. The molecule has 0 aliphatic carbocycles. The average molecular weight is 318 g/mol. The summed E-state index contributed by atoms with van der Waals surface area (Å²) in [5, 5.41) is 3.74. The number of rotatable bonds is 5. The molecule has 0 aliphatic rings. The normalized spacial score (nSPS) is 11.8. The van der Waals surface area contributed by atoms with E-state index in [4.69, 9.17) is 4.74 Å². The van der Waals surface area contributed by atoms with Crippen LogP contribution in [-0.2, 0) is 9.53 Å². The maximum Gasteiger partial charge on any atom is 0.307 e. The number of esters is 1. The highest BCUT2D eigenvalue weighted by atomic mass is 32.1. The number of nitrogens with one attached hydrogen (secondary N) is 1. The predicted octanol–water partition coefficient (Wildman–Crippen LogP) is 2.79. The highest BCUT2D eigenvalue weighted by Crippen LogP contribution is 2.21. The molecule has 1 aromatic heterocycles. The van der Waals surface area contributed by atoms with Crippen LogP contribution < -0.4 is 5.32 Å². The second kappa shape index (κ2) is 7.17. The summed E-state index contributed by atoms with van der Waals surface area (Å²) in [4.78, 5) is 28.9. The minimum Gasteiger partial charge on any atom is -0.469 e. The summed E-state index contributed by atoms with van der Waals surface area (Å²) in [7, 11) is 1.34. The first-order chi connectivity index (χ1) is 10.5. The molecular formula is C16H18N2O3S. The second-order valence-electron chi connectivity index (χ2n) is 4.86. The lowest BCUT2D eigenvalue weighted by atomic mass is 10.0. The minimum atomic E-state index is -0.428. The van der Waals surface area contributed by atoms with Gasteiger partial charge in [-0.05, 0) is 19.4 Å². The van der Waals surface area contributed by atoms with Gasteiger partial charge in [0, 0.05) is 0 Å². The van der Waals surface area contributed by atoms with Crippen LogP contribution in [0.3, 0.4) is 0 Å². The molecule has 1 aromatic carbocycles. The van der Waals surface area contributed by atoms with Gasteiger partial charge in [-0.3, -0.25) is 9.59 Å². The van der Waals surface area contributed by atoms with Gasteiger partial charge in [-0.15, -0.1) is 11.3 Å². The van der Waals surface area contributed by atoms with Crippen LogP contribution in [0.15, 0.2) is 30.3 Å². The topological polar surface area (TPSA) is 68.3 Å². The average Bonchev–Trinajstić information content (AvgIpc) is 2.86. The molecular weight excluding hydrogens is 300 g/mol. The van der Waals surface area contributed by atoms with Crippen molar-refractivity contribution in [1.29, 1.82) is 0 Å². The van der Waals surface area contributed by atoms with Crippen LogP contribution in [0.25, 0.3) is 0 Å². The Hall–Kier alpha value is -2.21. The van der Waals surface area contributed by atoms with Gasteiger partial charge >= 0.3 is 5.97 Å². The summed E-state index contributed by atoms with van der Waals surface area (Å²) in [5.74, 6) is -0.591. The van der Waals surface area contributed by atoms with Crippen LogP contribution in [0.5, 0.6) is 0 Å². The van der Waals surface area contributed by atoms with Crippen molar-refractivity contribution in [3.8, 4) is 0 Å². The Bertz CT molecular complexity index is 667. The Balaban J connectivity index is 2.21. The summed E-state index contributed by atoms with van der Waals surface area (Å²) in [6.07, 6.45) is 0.0864. The van der Waals surface area contributed by atoms with Gasteiger partial charge in [-0.25, -0.2) is 4.98 Å². The smallest absolute Gasteiger partial charge is 0.307 e. The molecule has 0 unspecified atom stereocenters. The Labute approximate surface area is 133 Å². The van der Waals surface area contributed by atoms with E-state index in [0.29, 0.717) is 10.6 Å². The highest BCUT2D eigenvalue weighted by molar-refractivity contribution is 7.13. The molecule has 5 nitrogen and oxygen atoms in total. The van der Waals surface area contributed by atoms with E-state index in [0.717, 1.165) is 10.6 Å². The van der Waals surface area contributed by atoms with E-state index in [9.17, 15) is 9.59 Å². The molecule has 6 heteroatoms. The molecule has 0 saturated heterocycles. The van der Waals surface area contributed by atoms with Crippen LogP contribution in [0.2, 0.25) is 0 Å². The zero-order chi connectivity index (χ0) is 16.1. The molecule has 0 spiro atoms. The number of aryl methyl sites for hydroxylation is 2. The van der Waals surface area contributed by atoms with Crippen LogP contribution in [0.4, 0.5) is 0 Å². The first-order valence-corrected chi connectivity index (χ1v) is 7.69. The Morgan fingerprint density at radius 1 is 1.27 bits per heavy atom. The molecule has 1 N–H and O–H groups in total. The number of hydrogen-bond donors (Lipinski definition) is 1. The van der Waals surface area contributed by atoms with E-state index < -0.39 is 6.04 Å². The standard InChI is InChI=1S/C16H18N2O3S/c1-10-15(22-11(2)17-10)16(20)18-13(9-14(19)21-3)12-7-5-4-6-8-12/h4-8,13H,9H2,1-3H3,(H,18,20)/t13-/m0/s1. The van der Waals surface area contributed by atoms with Crippen molar-refractivity contribution in [2.24, 2.45) is 0 Å². The monoisotopic (exact) mass is 318 g/mol. The number of amides is 1. The SMILES string of the molecule is COC(=O)C[C@H](NC(=O)c1sc(C)nc1C)c1ccccc1. The number of benzene rings is 1. The van der Waals surface area contributed by atoms with Crippen molar-refractivity contribution in [2.45, 2.75) is 26.3 Å². The van der Waals surface area contributed by atoms with Crippen LogP contribution in [-0.4, -0.2) is 24.0 Å². The van der Waals surface area contributed by atoms with Crippen LogP contribution >= 0.6 is 11.3 Å². The van der Waals surface area contributed by atoms with Gasteiger partial charge in [0.15, 0.2) is 0 Å². The third-order valence-corrected chi connectivity index (χ3v) is 4.29. The van der Waals surface area contributed by atoms with E-state index >= 15 is 0 Å². The third kappa shape index (κ3) is 3.92. The molecule has 1 atom stereocenters. The first kappa shape index (κ1) is 16.2. The van der Waals surface area contributed by atoms with Gasteiger partial charge < -0.3 is 10.1 Å². The molecule has 0 aliphatic heterocycles. The largest absolute Gasteiger partial charge is 0.469 e. The molecule has 0 bridgehead atoms. The zero-order valence-corrected chi connectivity index (χ0v) is 13.6. The van der Waals surface area contributed by atoms with E-state index in [1.165, 1.54) is 18.4 Å². The molecule has 1 heterocycles. The highest BCUT2D eigenvalue weighted by Gasteiger charge is 2.21. The lowest BCUT2D eigenvalue weighted by Gasteiger charge is -2.18. The van der Waals surface area contributed by atoms with Crippen molar-refractivity contribution < 1.29 is 14.3 Å². The van der Waals surface area contributed by atoms with Crippen molar-refractivity contribution >= 4 is 23.2 Å². The second-order valence-corrected chi connectivity index (χ2v) is 6.07. The summed E-state index contributed by atoms with van der Waals surface area (Å²) in [6, 6.07) is 8.94. The Morgan fingerprint density at radius 3 is 2.50 bits per heavy atom. The maximum atomic E-state index is 12.4. The number of ether oxygens (including phenoxy) is 1. The molecule has 0 radical (unpaired) electrons. The molecule has 116 valence electrons. The molecule has 2 rings (SSSR count). The predicted molar refractivity (Wildman–Crippen MR) is 84.9 cm³/mol. The lowest BCUT2D eigenvalue weighted by Crippen LogP contribution is -2.30. The van der Waals surface area contributed by atoms with Gasteiger partial charge in [-0.1, -0.05) is 30.3 Å². The van der Waals surface area contributed by atoms with Crippen molar-refractivity contribution in [3.05, 3.63) is 51.5 Å². The molecule has 2 aromatic rings. The van der Waals surface area contributed by atoms with E-state index in [-0.39, 0.29) is 18.3 Å². The number of thiazole rings is 1. The summed E-state index contributed by atoms with van der Waals surface area (Å²) in [6.45, 7) is 3.66. The number of nitrogens with zero attached hydrogens (tertiary/aromatic N) is 1. The summed E-state index contributed by atoms with van der Waals surface area (Å²) < 4.78 is 4.72. The molecule has 1 amide bonds. The molecule has 0 fully saturated rings. The number of methoxy groups -OCH3 is 1. The number of carbonyl (C=O) groups is 2. The fourth-order valence-corrected chi connectivity index (χ4v) is 2.98. The minimum absolute atomic E-state index is 0.0864. The van der Waals surface area contributed by atoms with E-state index in [1.54, 1.807) is 6.92 Å². The van der Waals surface area contributed by atoms with Gasteiger partial charge in [0.2, 0.25) is 0 Å². The zero-order valence-electron chi connectivity index (χ0n) is 12.8. The number of carbonyl (C=O) groups excluding carboxylic acids is 2.